The van der Waals surface area contributed by atoms with Crippen LogP contribution in [0.2, 0.25) is 0 Å². The molecule has 0 saturated heterocycles. The Hall–Kier alpha value is -2.50. The summed E-state index contributed by atoms with van der Waals surface area (Å²) in [4.78, 5) is 16.9. The zero-order valence-corrected chi connectivity index (χ0v) is 15.1. The minimum atomic E-state index is -0.213. The molecule has 128 valence electrons. The van der Waals surface area contributed by atoms with Gasteiger partial charge in [0.25, 0.3) is 5.91 Å². The maximum Gasteiger partial charge on any atom is 0.275 e. The number of aryl methyl sites for hydroxylation is 2. The zero-order chi connectivity index (χ0) is 17.8. The number of nitrogens with zero attached hydrogens (tertiary/aromatic N) is 1. The highest BCUT2D eigenvalue weighted by atomic mass is 32.1. The first kappa shape index (κ1) is 17.3. The molecule has 0 fully saturated rings. The average Bonchev–Trinajstić information content (AvgIpc) is 3.05. The molecule has 0 saturated carbocycles. The van der Waals surface area contributed by atoms with Crippen LogP contribution in [0.3, 0.4) is 0 Å². The number of hydrogen-bond donors (Lipinski definition) is 2. The van der Waals surface area contributed by atoms with E-state index in [4.69, 9.17) is 5.73 Å². The van der Waals surface area contributed by atoms with E-state index in [1.54, 1.807) is 5.38 Å². The molecule has 0 aliphatic heterocycles. The summed E-state index contributed by atoms with van der Waals surface area (Å²) in [6.07, 6.45) is 0.701. The van der Waals surface area contributed by atoms with E-state index >= 15 is 0 Å². The van der Waals surface area contributed by atoms with Crippen LogP contribution in [-0.4, -0.2) is 10.9 Å². The van der Waals surface area contributed by atoms with Crippen molar-refractivity contribution in [3.63, 3.8) is 0 Å². The Bertz CT molecular complexity index is 853. The summed E-state index contributed by atoms with van der Waals surface area (Å²) in [6, 6.07) is 15.8. The summed E-state index contributed by atoms with van der Waals surface area (Å²) in [5.74, 6) is -0.209. The number of nitrogens with one attached hydrogen (secondary N) is 1. The highest BCUT2D eigenvalue weighted by Crippen LogP contribution is 2.21. The van der Waals surface area contributed by atoms with Gasteiger partial charge in [0.15, 0.2) is 0 Å². The molecule has 3 rings (SSSR count). The van der Waals surface area contributed by atoms with Gasteiger partial charge in [0.05, 0.1) is 6.04 Å². The molecule has 25 heavy (non-hydrogen) atoms. The molecule has 1 amide bonds. The summed E-state index contributed by atoms with van der Waals surface area (Å²) >= 11 is 1.43. The largest absolute Gasteiger partial charge is 0.322 e. The number of aromatic nitrogens is 1. The van der Waals surface area contributed by atoms with Crippen molar-refractivity contribution in [3.05, 3.63) is 81.3 Å². The van der Waals surface area contributed by atoms with Gasteiger partial charge in [0, 0.05) is 11.1 Å². The molecular weight excluding hydrogens is 330 g/mol. The predicted octanol–water partition coefficient (Wildman–Crippen LogP) is 4.25. The molecule has 2 aromatic carbocycles. The first-order valence-corrected chi connectivity index (χ1v) is 9.04. The third-order valence-electron chi connectivity index (χ3n) is 3.85. The Labute approximate surface area is 151 Å². The highest BCUT2D eigenvalue weighted by molar-refractivity contribution is 7.09. The van der Waals surface area contributed by atoms with Crippen molar-refractivity contribution < 1.29 is 4.79 Å². The van der Waals surface area contributed by atoms with Gasteiger partial charge in [0.1, 0.15) is 10.7 Å². The van der Waals surface area contributed by atoms with Crippen molar-refractivity contribution in [2.45, 2.75) is 26.3 Å². The minimum absolute atomic E-state index is 0.209. The fraction of sp³-hybridized carbons (Fsp3) is 0.200. The molecule has 1 aromatic heterocycles. The lowest BCUT2D eigenvalue weighted by Crippen LogP contribution is -2.15. The first-order chi connectivity index (χ1) is 12.0. The van der Waals surface area contributed by atoms with Crippen molar-refractivity contribution in [3.8, 4) is 0 Å². The molecule has 4 nitrogen and oxygen atoms in total. The second kappa shape index (κ2) is 7.59. The Morgan fingerprint density at radius 3 is 2.52 bits per heavy atom. The minimum Gasteiger partial charge on any atom is -0.322 e. The third-order valence-corrected chi connectivity index (χ3v) is 4.83. The molecule has 1 heterocycles. The van der Waals surface area contributed by atoms with Gasteiger partial charge >= 0.3 is 0 Å². The van der Waals surface area contributed by atoms with E-state index < -0.39 is 0 Å². The number of rotatable bonds is 5. The monoisotopic (exact) mass is 351 g/mol. The molecule has 1 atom stereocenters. The van der Waals surface area contributed by atoms with E-state index in [1.165, 1.54) is 11.3 Å². The van der Waals surface area contributed by atoms with Crippen molar-refractivity contribution in [1.82, 2.24) is 4.98 Å². The van der Waals surface area contributed by atoms with E-state index in [1.807, 2.05) is 56.3 Å². The third kappa shape index (κ3) is 4.53. The molecular formula is C20H21N3OS. The van der Waals surface area contributed by atoms with Crippen LogP contribution in [0.25, 0.3) is 0 Å². The molecule has 5 heteroatoms. The number of hydrogen-bond acceptors (Lipinski definition) is 4. The lowest BCUT2D eigenvalue weighted by molar-refractivity contribution is 0.102. The average molecular weight is 351 g/mol. The number of nitrogens with two attached hydrogens (primary N) is 1. The maximum absolute atomic E-state index is 12.4. The Kier molecular flexibility index (Phi) is 5.26. The second-order valence-electron chi connectivity index (χ2n) is 6.20. The van der Waals surface area contributed by atoms with Crippen LogP contribution < -0.4 is 11.1 Å². The van der Waals surface area contributed by atoms with E-state index in [-0.39, 0.29) is 11.9 Å². The molecule has 1 unspecified atom stereocenters. The zero-order valence-electron chi connectivity index (χ0n) is 14.3. The van der Waals surface area contributed by atoms with E-state index in [0.29, 0.717) is 12.1 Å². The first-order valence-electron chi connectivity index (χ1n) is 8.16. The summed E-state index contributed by atoms with van der Waals surface area (Å²) in [6.45, 7) is 4.01. The van der Waals surface area contributed by atoms with E-state index in [0.717, 1.165) is 27.4 Å². The normalized spacial score (nSPS) is 12.0. The van der Waals surface area contributed by atoms with Crippen molar-refractivity contribution >= 4 is 22.9 Å². The Balaban J connectivity index is 1.68. The molecule has 0 bridgehead atoms. The van der Waals surface area contributed by atoms with Crippen molar-refractivity contribution in [2.75, 3.05) is 5.32 Å². The Morgan fingerprint density at radius 1 is 1.16 bits per heavy atom. The van der Waals surface area contributed by atoms with Crippen molar-refractivity contribution in [1.29, 1.82) is 0 Å². The molecule has 0 spiro atoms. The van der Waals surface area contributed by atoms with Gasteiger partial charge < -0.3 is 11.1 Å². The van der Waals surface area contributed by atoms with Crippen molar-refractivity contribution in [2.24, 2.45) is 5.73 Å². The highest BCUT2D eigenvalue weighted by Gasteiger charge is 2.16. The Morgan fingerprint density at radius 2 is 1.84 bits per heavy atom. The maximum atomic E-state index is 12.4. The number of carbonyl (C=O) groups is 1. The summed E-state index contributed by atoms with van der Waals surface area (Å²) in [7, 11) is 0. The number of thiazole rings is 1. The van der Waals surface area contributed by atoms with Crippen LogP contribution in [-0.2, 0) is 6.42 Å². The predicted molar refractivity (Wildman–Crippen MR) is 103 cm³/mol. The smallest absolute Gasteiger partial charge is 0.275 e. The number of carbonyl (C=O) groups excluding carboxylic acids is 1. The molecule has 0 aliphatic carbocycles. The van der Waals surface area contributed by atoms with Gasteiger partial charge in [-0.05, 0) is 49.1 Å². The van der Waals surface area contributed by atoms with Gasteiger partial charge in [-0.3, -0.25) is 4.79 Å². The molecule has 3 aromatic rings. The number of benzene rings is 2. The second-order valence-corrected chi connectivity index (χ2v) is 7.09. The van der Waals surface area contributed by atoms with Gasteiger partial charge in [-0.1, -0.05) is 36.4 Å². The fourth-order valence-electron chi connectivity index (χ4n) is 2.76. The topological polar surface area (TPSA) is 68.0 Å². The lowest BCUT2D eigenvalue weighted by Gasteiger charge is -2.08. The number of anilines is 1. The van der Waals surface area contributed by atoms with Gasteiger partial charge in [0.2, 0.25) is 0 Å². The molecule has 3 N–H and O–H groups in total. The molecule has 0 aliphatic rings. The standard InChI is InChI=1S/C20H21N3OS/c1-13-8-14(2)10-16(9-13)22-19(24)18-12-25-20(23-18)17(21)11-15-6-4-3-5-7-15/h3-10,12,17H,11,21H2,1-2H3,(H,22,24). The summed E-state index contributed by atoms with van der Waals surface area (Å²) in [5.41, 5.74) is 10.8. The van der Waals surface area contributed by atoms with E-state index in [9.17, 15) is 4.79 Å². The van der Waals surface area contributed by atoms with Crippen LogP contribution in [0.5, 0.6) is 0 Å². The molecule has 0 radical (unpaired) electrons. The SMILES string of the molecule is Cc1cc(C)cc(NC(=O)c2csc(C(N)Cc3ccccc3)n2)c1. The van der Waals surface area contributed by atoms with Crippen LogP contribution in [0.15, 0.2) is 53.9 Å². The quantitative estimate of drug-likeness (QED) is 0.722. The summed E-state index contributed by atoms with van der Waals surface area (Å²) in [5, 5.41) is 5.44. The van der Waals surface area contributed by atoms with Crippen LogP contribution in [0.4, 0.5) is 5.69 Å². The van der Waals surface area contributed by atoms with Gasteiger partial charge in [-0.2, -0.15) is 0 Å². The van der Waals surface area contributed by atoms with Gasteiger partial charge in [-0.15, -0.1) is 11.3 Å². The van der Waals surface area contributed by atoms with Crippen LogP contribution >= 0.6 is 11.3 Å². The van der Waals surface area contributed by atoms with Crippen LogP contribution in [0.1, 0.15) is 38.2 Å². The fourth-order valence-corrected chi connectivity index (χ4v) is 3.56. The lowest BCUT2D eigenvalue weighted by atomic mass is 10.1. The van der Waals surface area contributed by atoms with E-state index in [2.05, 4.69) is 16.4 Å². The van der Waals surface area contributed by atoms with Gasteiger partial charge in [-0.25, -0.2) is 4.98 Å². The summed E-state index contributed by atoms with van der Waals surface area (Å²) < 4.78 is 0. The van der Waals surface area contributed by atoms with Crippen LogP contribution in [0, 0.1) is 13.8 Å². The number of amides is 1.